The molecule has 0 aromatic heterocycles. The van der Waals surface area contributed by atoms with E-state index in [-0.39, 0.29) is 30.9 Å². The number of carbonyl (C=O) groups excluding carboxylic acids is 1. The van der Waals surface area contributed by atoms with Crippen molar-refractivity contribution >= 4 is 14.6 Å². The Morgan fingerprint density at radius 2 is 2.00 bits per heavy atom. The molecular formula is C16H26NO3P. The Kier molecular flexibility index (Phi) is 7.30. The van der Waals surface area contributed by atoms with Crippen LogP contribution in [0.5, 0.6) is 0 Å². The van der Waals surface area contributed by atoms with Gasteiger partial charge in [0.2, 0.25) is 0 Å². The summed E-state index contributed by atoms with van der Waals surface area (Å²) in [5, 5.41) is 8.73. The predicted molar refractivity (Wildman–Crippen MR) is 87.8 cm³/mol. The van der Waals surface area contributed by atoms with E-state index in [0.29, 0.717) is 8.58 Å². The van der Waals surface area contributed by atoms with Crippen LogP contribution in [0, 0.1) is 5.41 Å². The molecule has 21 heavy (non-hydrogen) atoms. The van der Waals surface area contributed by atoms with Crippen LogP contribution in [0.4, 0.5) is 0 Å². The van der Waals surface area contributed by atoms with Crippen LogP contribution >= 0.6 is 8.58 Å². The van der Waals surface area contributed by atoms with Crippen molar-refractivity contribution in [2.75, 3.05) is 19.4 Å². The molecule has 0 aliphatic heterocycles. The number of carbonyl (C=O) groups is 1. The Morgan fingerprint density at radius 3 is 2.52 bits per heavy atom. The number of aliphatic hydroxyl groups excluding tert-OH is 1. The first kappa shape index (κ1) is 18.1. The summed E-state index contributed by atoms with van der Waals surface area (Å²) in [4.78, 5) is 12.0. The third-order valence-corrected chi connectivity index (χ3v) is 5.71. The van der Waals surface area contributed by atoms with Gasteiger partial charge in [-0.1, -0.05) is 30.3 Å². The summed E-state index contributed by atoms with van der Waals surface area (Å²) in [6, 6.07) is 10.2. The van der Waals surface area contributed by atoms with Crippen LogP contribution in [-0.2, 0) is 9.53 Å². The molecule has 5 heteroatoms. The lowest BCUT2D eigenvalue weighted by molar-refractivity contribution is -0.153. The minimum atomic E-state index is -0.560. The van der Waals surface area contributed by atoms with Crippen LogP contribution in [0.3, 0.4) is 0 Å². The van der Waals surface area contributed by atoms with Crippen molar-refractivity contribution < 1.29 is 14.6 Å². The van der Waals surface area contributed by atoms with E-state index in [1.165, 1.54) is 5.56 Å². The predicted octanol–water partition coefficient (Wildman–Crippen LogP) is 2.32. The van der Waals surface area contributed by atoms with Gasteiger partial charge in [-0.05, 0) is 32.5 Å². The highest BCUT2D eigenvalue weighted by molar-refractivity contribution is 7.38. The number of hydrogen-bond acceptors (Lipinski definition) is 4. The first-order chi connectivity index (χ1) is 9.88. The Morgan fingerprint density at radius 1 is 1.38 bits per heavy atom. The number of hydrogen-bond donors (Lipinski definition) is 2. The van der Waals surface area contributed by atoms with E-state index >= 15 is 0 Å². The second-order valence-corrected chi connectivity index (χ2v) is 7.26. The van der Waals surface area contributed by atoms with Crippen molar-refractivity contribution in [3.8, 4) is 0 Å². The number of nitrogens with two attached hydrogens (primary N) is 1. The van der Waals surface area contributed by atoms with Gasteiger partial charge < -0.3 is 15.6 Å². The zero-order valence-corrected chi connectivity index (χ0v) is 14.0. The molecule has 0 fully saturated rings. The quantitative estimate of drug-likeness (QED) is 0.571. The van der Waals surface area contributed by atoms with Crippen LogP contribution in [-0.4, -0.2) is 36.5 Å². The summed E-state index contributed by atoms with van der Waals surface area (Å²) < 4.78 is 5.04. The zero-order chi connectivity index (χ0) is 15.9. The van der Waals surface area contributed by atoms with Crippen molar-refractivity contribution in [2.24, 2.45) is 11.1 Å². The average Bonchev–Trinajstić information content (AvgIpc) is 2.45. The van der Waals surface area contributed by atoms with Gasteiger partial charge >= 0.3 is 5.97 Å². The lowest BCUT2D eigenvalue weighted by Crippen LogP contribution is -2.31. The van der Waals surface area contributed by atoms with Gasteiger partial charge in [-0.2, -0.15) is 0 Å². The SMILES string of the molecule is CC(N)C(PCC(C)(C)C(=O)OCCO)c1ccccc1. The molecule has 0 saturated heterocycles. The Balaban J connectivity index is 2.67. The molecular weight excluding hydrogens is 285 g/mol. The van der Waals surface area contributed by atoms with Gasteiger partial charge in [0.05, 0.1) is 12.0 Å². The summed E-state index contributed by atoms with van der Waals surface area (Å²) in [7, 11) is 0.542. The van der Waals surface area contributed by atoms with E-state index in [0.717, 1.165) is 6.16 Å². The Hall–Kier alpha value is -0.960. The molecule has 118 valence electrons. The van der Waals surface area contributed by atoms with Crippen LogP contribution in [0.1, 0.15) is 32.0 Å². The molecule has 1 aromatic carbocycles. The molecule has 3 N–H and O–H groups in total. The van der Waals surface area contributed by atoms with Crippen LogP contribution in [0.15, 0.2) is 30.3 Å². The van der Waals surface area contributed by atoms with E-state index < -0.39 is 5.41 Å². The molecule has 0 amide bonds. The molecule has 3 atom stereocenters. The fraction of sp³-hybridized carbons (Fsp3) is 0.562. The molecule has 0 bridgehead atoms. The number of benzene rings is 1. The van der Waals surface area contributed by atoms with Crippen molar-refractivity contribution in [1.29, 1.82) is 0 Å². The highest BCUT2D eigenvalue weighted by Gasteiger charge is 2.31. The number of ether oxygens (including phenoxy) is 1. The molecule has 1 aromatic rings. The van der Waals surface area contributed by atoms with Gasteiger partial charge in [0.15, 0.2) is 0 Å². The second-order valence-electron chi connectivity index (χ2n) is 5.87. The first-order valence-corrected chi connectivity index (χ1v) is 8.49. The maximum atomic E-state index is 12.0. The normalized spacial score (nSPS) is 15.1. The van der Waals surface area contributed by atoms with Gasteiger partial charge in [-0.15, -0.1) is 8.58 Å². The maximum absolute atomic E-state index is 12.0. The second kappa shape index (κ2) is 8.47. The molecule has 0 aliphatic carbocycles. The van der Waals surface area contributed by atoms with Gasteiger partial charge in [0.1, 0.15) is 6.61 Å². The van der Waals surface area contributed by atoms with E-state index in [2.05, 4.69) is 12.1 Å². The maximum Gasteiger partial charge on any atom is 0.311 e. The summed E-state index contributed by atoms with van der Waals surface area (Å²) in [5.74, 6) is -0.263. The molecule has 0 spiro atoms. The van der Waals surface area contributed by atoms with Crippen LogP contribution in [0.2, 0.25) is 0 Å². The third-order valence-electron chi connectivity index (χ3n) is 3.33. The summed E-state index contributed by atoms with van der Waals surface area (Å²) in [5.41, 5.74) is 7.01. The fourth-order valence-electron chi connectivity index (χ4n) is 2.04. The smallest absolute Gasteiger partial charge is 0.311 e. The number of esters is 1. The van der Waals surface area contributed by atoms with Crippen molar-refractivity contribution in [3.05, 3.63) is 35.9 Å². The zero-order valence-electron chi connectivity index (χ0n) is 13.0. The van der Waals surface area contributed by atoms with Crippen molar-refractivity contribution in [3.63, 3.8) is 0 Å². The van der Waals surface area contributed by atoms with Crippen LogP contribution in [0.25, 0.3) is 0 Å². The molecule has 1 rings (SSSR count). The molecule has 4 nitrogen and oxygen atoms in total. The standard InChI is InChI=1S/C16H26NO3P/c1-12(17)14(13-7-5-4-6-8-13)21-11-16(2,3)15(19)20-10-9-18/h4-8,12,14,18,21H,9-11,17H2,1-3H3. The largest absolute Gasteiger partial charge is 0.463 e. The minimum absolute atomic E-state index is 0.0370. The minimum Gasteiger partial charge on any atom is -0.463 e. The monoisotopic (exact) mass is 311 g/mol. The molecule has 3 unspecified atom stereocenters. The van der Waals surface area contributed by atoms with E-state index in [1.54, 1.807) is 0 Å². The molecule has 0 radical (unpaired) electrons. The van der Waals surface area contributed by atoms with Crippen LogP contribution < -0.4 is 5.73 Å². The summed E-state index contributed by atoms with van der Waals surface area (Å²) >= 11 is 0. The highest BCUT2D eigenvalue weighted by atomic mass is 31.1. The fourth-order valence-corrected chi connectivity index (χ4v) is 3.71. The Labute approximate surface area is 128 Å². The van der Waals surface area contributed by atoms with Gasteiger partial charge in [0, 0.05) is 11.7 Å². The third kappa shape index (κ3) is 5.74. The van der Waals surface area contributed by atoms with E-state index in [9.17, 15) is 4.79 Å². The summed E-state index contributed by atoms with van der Waals surface area (Å²) in [6.07, 6.45) is 0.721. The summed E-state index contributed by atoms with van der Waals surface area (Å²) in [6.45, 7) is 5.67. The van der Waals surface area contributed by atoms with Crippen molar-refractivity contribution in [2.45, 2.75) is 32.5 Å². The molecule has 0 heterocycles. The lowest BCUT2D eigenvalue weighted by Gasteiger charge is -2.27. The highest BCUT2D eigenvalue weighted by Crippen LogP contribution is 2.41. The van der Waals surface area contributed by atoms with Gasteiger partial charge in [0.25, 0.3) is 0 Å². The van der Waals surface area contributed by atoms with Crippen molar-refractivity contribution in [1.82, 2.24) is 0 Å². The van der Waals surface area contributed by atoms with E-state index in [1.807, 2.05) is 39.0 Å². The van der Waals surface area contributed by atoms with Gasteiger partial charge in [-0.3, -0.25) is 4.79 Å². The topological polar surface area (TPSA) is 72.6 Å². The number of rotatable bonds is 8. The average molecular weight is 311 g/mol. The van der Waals surface area contributed by atoms with E-state index in [4.69, 9.17) is 15.6 Å². The molecule has 0 aliphatic rings. The lowest BCUT2D eigenvalue weighted by atomic mass is 9.97. The van der Waals surface area contributed by atoms with Gasteiger partial charge in [-0.25, -0.2) is 0 Å². The Bertz CT molecular complexity index is 434. The molecule has 0 saturated carbocycles. The number of aliphatic hydroxyl groups is 1. The first-order valence-electron chi connectivity index (χ1n) is 7.20.